The summed E-state index contributed by atoms with van der Waals surface area (Å²) in [6.07, 6.45) is -4.99. The van der Waals surface area contributed by atoms with Crippen LogP contribution in [0.15, 0.2) is 66.7 Å². The van der Waals surface area contributed by atoms with Gasteiger partial charge in [-0.2, -0.15) is 13.2 Å². The lowest BCUT2D eigenvalue weighted by Gasteiger charge is -2.21. The molecule has 3 aromatic rings. The maximum Gasteiger partial charge on any atom is 0.416 e. The molecule has 0 aliphatic carbocycles. The van der Waals surface area contributed by atoms with E-state index in [2.05, 4.69) is 0 Å². The molecule has 0 radical (unpaired) electrons. The van der Waals surface area contributed by atoms with E-state index < -0.39 is 23.9 Å². The molecule has 26 heavy (non-hydrogen) atoms. The van der Waals surface area contributed by atoms with Crippen molar-refractivity contribution in [3.63, 3.8) is 0 Å². The van der Waals surface area contributed by atoms with E-state index in [-0.39, 0.29) is 18.8 Å². The van der Waals surface area contributed by atoms with Gasteiger partial charge in [0.1, 0.15) is 0 Å². The van der Waals surface area contributed by atoms with Gasteiger partial charge in [0.2, 0.25) is 0 Å². The van der Waals surface area contributed by atoms with Gasteiger partial charge in [-0.1, -0.05) is 54.6 Å². The van der Waals surface area contributed by atoms with E-state index >= 15 is 0 Å². The first-order chi connectivity index (χ1) is 11.9. The van der Waals surface area contributed by atoms with Crippen molar-refractivity contribution in [3.05, 3.63) is 83.4 Å². The predicted molar refractivity (Wildman–Crippen MR) is 99.3 cm³/mol. The molecule has 2 nitrogen and oxygen atoms in total. The maximum absolute atomic E-state index is 12.6. The summed E-state index contributed by atoms with van der Waals surface area (Å²) in [5.41, 5.74) is 6.80. The zero-order valence-corrected chi connectivity index (χ0v) is 14.6. The number of aliphatic hydroxyl groups is 1. The quantitative estimate of drug-likeness (QED) is 0.676. The fraction of sp³-hybridized carbons (Fsp3) is 0.200. The fourth-order valence-corrected chi connectivity index (χ4v) is 2.95. The highest BCUT2D eigenvalue weighted by molar-refractivity contribution is 5.86. The van der Waals surface area contributed by atoms with Gasteiger partial charge in [-0.25, -0.2) is 0 Å². The average molecular weight is 382 g/mol. The Morgan fingerprint density at radius 1 is 0.885 bits per heavy atom. The lowest BCUT2D eigenvalue weighted by Crippen LogP contribution is -2.30. The molecule has 0 saturated carbocycles. The Bertz CT molecular complexity index is 860. The summed E-state index contributed by atoms with van der Waals surface area (Å²) < 4.78 is 37.8. The molecule has 0 spiro atoms. The first kappa shape index (κ1) is 20.2. The Morgan fingerprint density at radius 2 is 1.50 bits per heavy atom. The van der Waals surface area contributed by atoms with Gasteiger partial charge >= 0.3 is 6.18 Å². The number of aliphatic hydroxyl groups excluding tert-OH is 1. The van der Waals surface area contributed by atoms with Crippen LogP contribution in [0.5, 0.6) is 0 Å². The minimum absolute atomic E-state index is 0. The molecule has 0 heterocycles. The van der Waals surface area contributed by atoms with Crippen molar-refractivity contribution in [2.24, 2.45) is 5.73 Å². The van der Waals surface area contributed by atoms with Crippen molar-refractivity contribution in [3.8, 4) is 0 Å². The van der Waals surface area contributed by atoms with Gasteiger partial charge in [0.15, 0.2) is 0 Å². The fourth-order valence-electron chi connectivity index (χ4n) is 2.95. The van der Waals surface area contributed by atoms with E-state index in [9.17, 15) is 18.3 Å². The van der Waals surface area contributed by atoms with Crippen LogP contribution >= 0.6 is 12.4 Å². The van der Waals surface area contributed by atoms with Gasteiger partial charge in [0.05, 0.1) is 11.7 Å². The highest BCUT2D eigenvalue weighted by atomic mass is 35.5. The molecule has 0 aliphatic heterocycles. The van der Waals surface area contributed by atoms with Crippen molar-refractivity contribution in [1.29, 1.82) is 0 Å². The number of hydrogen-bond donors (Lipinski definition) is 2. The van der Waals surface area contributed by atoms with Crippen LogP contribution in [0.25, 0.3) is 10.8 Å². The first-order valence-electron chi connectivity index (χ1n) is 7.94. The molecule has 0 aromatic heterocycles. The third-order valence-corrected chi connectivity index (χ3v) is 4.30. The van der Waals surface area contributed by atoms with Crippen molar-refractivity contribution < 1.29 is 18.3 Å². The van der Waals surface area contributed by atoms with Crippen molar-refractivity contribution in [2.75, 3.05) is 0 Å². The molecule has 0 amide bonds. The third kappa shape index (κ3) is 4.36. The lowest BCUT2D eigenvalue weighted by molar-refractivity contribution is -0.137. The van der Waals surface area contributed by atoms with E-state index in [4.69, 9.17) is 5.73 Å². The summed E-state index contributed by atoms with van der Waals surface area (Å²) in [6, 6.07) is 17.5. The standard InChI is InChI=1S/C20H18F3NO.ClH/c21-20(22,23)15-10-8-13(9-11-15)12-18(24)19(25)17-7-3-5-14-4-1-2-6-16(14)17;/h1-11,18-19,25H,12,24H2;1H. The molecule has 3 rings (SSSR count). The van der Waals surface area contributed by atoms with Crippen LogP contribution in [0.1, 0.15) is 22.8 Å². The number of hydrogen-bond acceptors (Lipinski definition) is 2. The predicted octanol–water partition coefficient (Wildman–Crippen LogP) is 4.88. The van der Waals surface area contributed by atoms with E-state index in [0.29, 0.717) is 5.56 Å². The second-order valence-electron chi connectivity index (χ2n) is 6.08. The summed E-state index contributed by atoms with van der Waals surface area (Å²) in [5.74, 6) is 0. The third-order valence-electron chi connectivity index (χ3n) is 4.30. The Hall–Kier alpha value is -2.08. The lowest BCUT2D eigenvalue weighted by atomic mass is 9.93. The van der Waals surface area contributed by atoms with E-state index in [1.165, 1.54) is 12.1 Å². The molecule has 2 atom stereocenters. The van der Waals surface area contributed by atoms with E-state index in [0.717, 1.165) is 28.5 Å². The number of benzene rings is 3. The van der Waals surface area contributed by atoms with Crippen LogP contribution in [0.4, 0.5) is 13.2 Å². The topological polar surface area (TPSA) is 46.2 Å². The second-order valence-corrected chi connectivity index (χ2v) is 6.08. The number of nitrogens with two attached hydrogens (primary N) is 1. The summed E-state index contributed by atoms with van der Waals surface area (Å²) in [7, 11) is 0. The molecule has 3 aromatic carbocycles. The van der Waals surface area contributed by atoms with Crippen molar-refractivity contribution in [1.82, 2.24) is 0 Å². The molecule has 3 N–H and O–H groups in total. The van der Waals surface area contributed by atoms with Gasteiger partial charge in [-0.3, -0.25) is 0 Å². The maximum atomic E-state index is 12.6. The molecule has 0 aliphatic rings. The zero-order valence-electron chi connectivity index (χ0n) is 13.8. The molecule has 2 unspecified atom stereocenters. The van der Waals surface area contributed by atoms with Crippen LogP contribution in [0.3, 0.4) is 0 Å². The Balaban J connectivity index is 0.00000243. The zero-order chi connectivity index (χ0) is 18.0. The molecule has 138 valence electrons. The molecule has 0 bridgehead atoms. The van der Waals surface area contributed by atoms with Gasteiger partial charge in [-0.05, 0) is 40.5 Å². The van der Waals surface area contributed by atoms with E-state index in [1.807, 2.05) is 42.5 Å². The minimum atomic E-state index is -4.36. The Morgan fingerprint density at radius 3 is 2.15 bits per heavy atom. The summed E-state index contributed by atoms with van der Waals surface area (Å²) in [4.78, 5) is 0. The monoisotopic (exact) mass is 381 g/mol. The normalized spacial score (nSPS) is 13.9. The molecule has 6 heteroatoms. The van der Waals surface area contributed by atoms with Crippen LogP contribution in [0, 0.1) is 0 Å². The van der Waals surface area contributed by atoms with Crippen LogP contribution in [-0.2, 0) is 12.6 Å². The smallest absolute Gasteiger partial charge is 0.387 e. The van der Waals surface area contributed by atoms with Gasteiger partial charge < -0.3 is 10.8 Å². The first-order valence-corrected chi connectivity index (χ1v) is 7.94. The highest BCUT2D eigenvalue weighted by Crippen LogP contribution is 2.30. The summed E-state index contributed by atoms with van der Waals surface area (Å²) in [5, 5.41) is 12.5. The van der Waals surface area contributed by atoms with Crippen molar-refractivity contribution in [2.45, 2.75) is 24.7 Å². The van der Waals surface area contributed by atoms with Crippen LogP contribution in [0.2, 0.25) is 0 Å². The van der Waals surface area contributed by atoms with Gasteiger partial charge in [-0.15, -0.1) is 12.4 Å². The SMILES string of the molecule is Cl.NC(Cc1ccc(C(F)(F)F)cc1)C(O)c1cccc2ccccc12. The Labute approximate surface area is 155 Å². The minimum Gasteiger partial charge on any atom is -0.387 e. The molecular formula is C20H19ClF3NO. The van der Waals surface area contributed by atoms with Crippen LogP contribution in [-0.4, -0.2) is 11.1 Å². The highest BCUT2D eigenvalue weighted by Gasteiger charge is 2.30. The number of rotatable bonds is 4. The molecular weight excluding hydrogens is 363 g/mol. The summed E-state index contributed by atoms with van der Waals surface area (Å²) in [6.45, 7) is 0. The Kier molecular flexibility index (Phi) is 6.29. The molecule has 0 fully saturated rings. The number of halogens is 4. The van der Waals surface area contributed by atoms with Crippen LogP contribution < -0.4 is 5.73 Å². The second kappa shape index (κ2) is 8.08. The summed E-state index contributed by atoms with van der Waals surface area (Å²) >= 11 is 0. The molecule has 0 saturated heterocycles. The van der Waals surface area contributed by atoms with E-state index in [1.54, 1.807) is 0 Å². The number of fused-ring (bicyclic) bond motifs is 1. The van der Waals surface area contributed by atoms with Gasteiger partial charge in [0.25, 0.3) is 0 Å². The van der Waals surface area contributed by atoms with Crippen molar-refractivity contribution >= 4 is 23.2 Å². The average Bonchev–Trinajstić information content (AvgIpc) is 2.60. The number of alkyl halides is 3. The largest absolute Gasteiger partial charge is 0.416 e. The van der Waals surface area contributed by atoms with Gasteiger partial charge in [0, 0.05) is 6.04 Å².